The van der Waals surface area contributed by atoms with Crippen LogP contribution in [0.15, 0.2) is 23.0 Å². The number of nitrogens with zero attached hydrogens (tertiary/aromatic N) is 4. The van der Waals surface area contributed by atoms with Crippen molar-refractivity contribution in [2.24, 2.45) is 7.05 Å². The summed E-state index contributed by atoms with van der Waals surface area (Å²) in [5.74, 6) is -1.07. The van der Waals surface area contributed by atoms with Crippen molar-refractivity contribution in [2.45, 2.75) is 19.8 Å². The molecule has 0 bridgehead atoms. The van der Waals surface area contributed by atoms with Gasteiger partial charge in [0, 0.05) is 13.0 Å². The Morgan fingerprint density at radius 3 is 2.75 bits per heavy atom. The van der Waals surface area contributed by atoms with Crippen LogP contribution < -0.4 is 10.7 Å². The van der Waals surface area contributed by atoms with Crippen LogP contribution in [0.5, 0.6) is 0 Å². The van der Waals surface area contributed by atoms with Crippen molar-refractivity contribution in [1.29, 1.82) is 0 Å². The Balaban J connectivity index is 2.00. The minimum atomic E-state index is -0.701. The van der Waals surface area contributed by atoms with Gasteiger partial charge in [0.1, 0.15) is 10.8 Å². The Bertz CT molecular complexity index is 995. The summed E-state index contributed by atoms with van der Waals surface area (Å²) in [7, 11) is 1.58. The first-order valence-corrected chi connectivity index (χ1v) is 8.00. The summed E-state index contributed by atoms with van der Waals surface area (Å²) >= 11 is 1.23. The van der Waals surface area contributed by atoms with Crippen molar-refractivity contribution in [3.05, 3.63) is 44.9 Å². The normalized spacial score (nSPS) is 11.2. The molecule has 0 saturated heterocycles. The lowest BCUT2D eigenvalue weighted by atomic mass is 10.2. The van der Waals surface area contributed by atoms with Gasteiger partial charge in [0.25, 0.3) is 5.91 Å². The van der Waals surface area contributed by atoms with Gasteiger partial charge < -0.3 is 0 Å². The van der Waals surface area contributed by atoms with Gasteiger partial charge in [-0.25, -0.2) is 4.39 Å². The van der Waals surface area contributed by atoms with E-state index in [1.807, 2.05) is 13.8 Å². The third-order valence-corrected chi connectivity index (χ3v) is 4.53. The maximum absolute atomic E-state index is 13.4. The molecule has 124 valence electrons. The fourth-order valence-corrected chi connectivity index (χ4v) is 2.91. The van der Waals surface area contributed by atoms with Crippen LogP contribution in [0.1, 0.15) is 35.3 Å². The number of carbonyl (C=O) groups is 1. The van der Waals surface area contributed by atoms with E-state index < -0.39 is 17.2 Å². The molecule has 0 aliphatic rings. The minimum absolute atomic E-state index is 0.0952. The van der Waals surface area contributed by atoms with Crippen LogP contribution >= 0.6 is 11.3 Å². The number of aromatic nitrogens is 4. The summed E-state index contributed by atoms with van der Waals surface area (Å²) in [6, 6.07) is 3.77. The van der Waals surface area contributed by atoms with E-state index in [1.165, 1.54) is 28.2 Å². The summed E-state index contributed by atoms with van der Waals surface area (Å²) in [5.41, 5.74) is -0.512. The molecule has 3 rings (SSSR count). The average molecular weight is 347 g/mol. The molecular formula is C15H14FN5O2S. The number of amides is 1. The summed E-state index contributed by atoms with van der Waals surface area (Å²) < 4.78 is 14.8. The van der Waals surface area contributed by atoms with Gasteiger partial charge in [-0.3, -0.25) is 19.6 Å². The topological polar surface area (TPSA) is 89.8 Å². The number of halogens is 1. The second-order valence-corrected chi connectivity index (χ2v) is 6.53. The van der Waals surface area contributed by atoms with Crippen LogP contribution in [-0.2, 0) is 7.05 Å². The van der Waals surface area contributed by atoms with Gasteiger partial charge in [-0.1, -0.05) is 25.2 Å². The Morgan fingerprint density at radius 1 is 1.33 bits per heavy atom. The second-order valence-electron chi connectivity index (χ2n) is 5.52. The molecule has 0 fully saturated rings. The van der Waals surface area contributed by atoms with Crippen LogP contribution in [0.2, 0.25) is 0 Å². The van der Waals surface area contributed by atoms with Gasteiger partial charge >= 0.3 is 0 Å². The maximum Gasteiger partial charge on any atom is 0.282 e. The van der Waals surface area contributed by atoms with Crippen LogP contribution in [0.4, 0.5) is 9.52 Å². The molecule has 0 aliphatic heterocycles. The molecule has 0 radical (unpaired) electrons. The Labute approximate surface area is 140 Å². The van der Waals surface area contributed by atoms with E-state index in [-0.39, 0.29) is 22.1 Å². The summed E-state index contributed by atoms with van der Waals surface area (Å²) in [4.78, 5) is 24.8. The molecule has 0 aliphatic carbocycles. The first-order chi connectivity index (χ1) is 11.4. The smallest absolute Gasteiger partial charge is 0.282 e. The molecule has 0 unspecified atom stereocenters. The van der Waals surface area contributed by atoms with Gasteiger partial charge in [0.15, 0.2) is 5.69 Å². The largest absolute Gasteiger partial charge is 0.295 e. The van der Waals surface area contributed by atoms with Gasteiger partial charge in [-0.2, -0.15) is 5.10 Å². The quantitative estimate of drug-likeness (QED) is 0.785. The van der Waals surface area contributed by atoms with E-state index in [2.05, 4.69) is 20.6 Å². The van der Waals surface area contributed by atoms with Crippen molar-refractivity contribution in [3.8, 4) is 0 Å². The molecule has 1 aromatic carbocycles. The van der Waals surface area contributed by atoms with Gasteiger partial charge in [0.05, 0.1) is 10.9 Å². The Hall–Kier alpha value is -2.68. The third-order valence-electron chi connectivity index (χ3n) is 3.39. The molecule has 2 aromatic heterocycles. The fraction of sp³-hybridized carbons (Fsp3) is 0.267. The van der Waals surface area contributed by atoms with E-state index >= 15 is 0 Å². The summed E-state index contributed by atoms with van der Waals surface area (Å²) in [6.45, 7) is 3.92. The van der Waals surface area contributed by atoms with Crippen LogP contribution in [0.3, 0.4) is 0 Å². The predicted octanol–water partition coefficient (Wildman–Crippen LogP) is 2.30. The van der Waals surface area contributed by atoms with Gasteiger partial charge in [-0.15, -0.1) is 10.2 Å². The summed E-state index contributed by atoms with van der Waals surface area (Å²) in [5, 5.41) is 15.5. The Kier molecular flexibility index (Phi) is 4.10. The first-order valence-electron chi connectivity index (χ1n) is 7.18. The van der Waals surface area contributed by atoms with E-state index in [0.717, 1.165) is 11.1 Å². The minimum Gasteiger partial charge on any atom is -0.295 e. The lowest BCUT2D eigenvalue weighted by Gasteiger charge is -2.07. The highest BCUT2D eigenvalue weighted by atomic mass is 32.1. The van der Waals surface area contributed by atoms with Crippen molar-refractivity contribution in [3.63, 3.8) is 0 Å². The molecule has 0 spiro atoms. The maximum atomic E-state index is 13.4. The van der Waals surface area contributed by atoms with Gasteiger partial charge in [-0.05, 0) is 18.2 Å². The monoisotopic (exact) mass is 347 g/mol. The zero-order chi connectivity index (χ0) is 17.4. The van der Waals surface area contributed by atoms with Crippen molar-refractivity contribution in [2.75, 3.05) is 5.32 Å². The Morgan fingerprint density at radius 2 is 2.08 bits per heavy atom. The molecule has 2 heterocycles. The highest BCUT2D eigenvalue weighted by Crippen LogP contribution is 2.22. The number of fused-ring (bicyclic) bond motifs is 1. The molecule has 9 heteroatoms. The summed E-state index contributed by atoms with van der Waals surface area (Å²) in [6.07, 6.45) is 0. The van der Waals surface area contributed by atoms with Gasteiger partial charge in [0.2, 0.25) is 10.6 Å². The number of hydrogen-bond acceptors (Lipinski definition) is 6. The van der Waals surface area contributed by atoms with E-state index in [1.54, 1.807) is 7.05 Å². The molecule has 3 aromatic rings. The number of aryl methyl sites for hydroxylation is 1. The van der Waals surface area contributed by atoms with Crippen molar-refractivity contribution in [1.82, 2.24) is 20.0 Å². The first kappa shape index (κ1) is 16.2. The number of anilines is 1. The zero-order valence-electron chi connectivity index (χ0n) is 13.2. The highest BCUT2D eigenvalue weighted by Gasteiger charge is 2.19. The lowest BCUT2D eigenvalue weighted by molar-refractivity contribution is 0.101. The zero-order valence-corrected chi connectivity index (χ0v) is 14.0. The van der Waals surface area contributed by atoms with Crippen molar-refractivity contribution >= 4 is 33.3 Å². The standard InChI is InChI=1S/C15H14FN5O2S/c1-7(2)14-18-19-15(24-14)17-13(23)11-12(22)9-6-8(16)4-5-10(9)21(3)20-11/h4-7H,1-3H3,(H,17,19,23). The number of nitrogens with one attached hydrogen (secondary N) is 1. The van der Waals surface area contributed by atoms with Crippen molar-refractivity contribution < 1.29 is 9.18 Å². The van der Waals surface area contributed by atoms with Crippen LogP contribution in [-0.4, -0.2) is 25.9 Å². The van der Waals surface area contributed by atoms with E-state index in [4.69, 9.17) is 0 Å². The third kappa shape index (κ3) is 2.90. The number of rotatable bonds is 3. The molecule has 0 atom stereocenters. The number of hydrogen-bond donors (Lipinski definition) is 1. The van der Waals surface area contributed by atoms with E-state index in [0.29, 0.717) is 5.52 Å². The second kappa shape index (κ2) is 6.08. The number of carbonyl (C=O) groups excluding carboxylic acids is 1. The number of benzene rings is 1. The van der Waals surface area contributed by atoms with Crippen LogP contribution in [0.25, 0.3) is 10.9 Å². The average Bonchev–Trinajstić information content (AvgIpc) is 2.99. The fourth-order valence-electron chi connectivity index (χ4n) is 2.17. The molecule has 7 nitrogen and oxygen atoms in total. The molecular weight excluding hydrogens is 333 g/mol. The molecule has 1 N–H and O–H groups in total. The van der Waals surface area contributed by atoms with Crippen LogP contribution in [0, 0.1) is 5.82 Å². The SMILES string of the molecule is CC(C)c1nnc(NC(=O)c2nn(C)c3ccc(F)cc3c2=O)s1. The molecule has 24 heavy (non-hydrogen) atoms. The molecule has 1 amide bonds. The highest BCUT2D eigenvalue weighted by molar-refractivity contribution is 7.15. The lowest BCUT2D eigenvalue weighted by Crippen LogP contribution is -2.26. The predicted molar refractivity (Wildman–Crippen MR) is 88.9 cm³/mol. The molecule has 0 saturated carbocycles. The van der Waals surface area contributed by atoms with E-state index in [9.17, 15) is 14.0 Å².